The van der Waals surface area contributed by atoms with Crippen LogP contribution in [0.2, 0.25) is 0 Å². The number of amides is 1. The van der Waals surface area contributed by atoms with Crippen LogP contribution < -0.4 is 0 Å². The Labute approximate surface area is 201 Å². The fourth-order valence-electron chi connectivity index (χ4n) is 5.79. The van der Waals surface area contributed by atoms with Gasteiger partial charge in [0.05, 0.1) is 5.69 Å². The molecule has 2 fully saturated rings. The Morgan fingerprint density at radius 1 is 1.06 bits per heavy atom. The SMILES string of the molecule is O=C(c1[nH]c2ccccc2c1F)N1CCC[C@H]1CCN1CCC(c2noc3cc(F)ccc23)CC1. The standard InChI is InChI=1S/C27H28F2N4O2/c28-18-7-8-21-23(16-18)35-31-25(21)17-9-13-32(14-10-17)15-11-19-4-3-12-33(19)27(34)26-24(29)20-5-1-2-6-22(20)30-26/h1-2,5-8,16-17,19,30H,3-4,9-15H2/t19-/m0/s1. The zero-order valence-electron chi connectivity index (χ0n) is 19.5. The molecule has 0 radical (unpaired) electrons. The molecule has 0 aliphatic carbocycles. The van der Waals surface area contributed by atoms with E-state index in [0.717, 1.165) is 62.8 Å². The van der Waals surface area contributed by atoms with Gasteiger partial charge in [0.2, 0.25) is 0 Å². The molecule has 1 N–H and O–H groups in total. The summed E-state index contributed by atoms with van der Waals surface area (Å²) in [7, 11) is 0. The number of carbonyl (C=O) groups is 1. The molecule has 6 rings (SSSR count). The van der Waals surface area contributed by atoms with E-state index in [-0.39, 0.29) is 23.5 Å². The van der Waals surface area contributed by atoms with Gasteiger partial charge < -0.3 is 19.3 Å². The van der Waals surface area contributed by atoms with E-state index in [1.807, 2.05) is 11.0 Å². The molecule has 0 spiro atoms. The van der Waals surface area contributed by atoms with Gasteiger partial charge in [-0.1, -0.05) is 17.3 Å². The van der Waals surface area contributed by atoms with Gasteiger partial charge in [0.25, 0.3) is 5.91 Å². The number of rotatable bonds is 5. The maximum absolute atomic E-state index is 14.9. The first-order valence-electron chi connectivity index (χ1n) is 12.4. The first-order chi connectivity index (χ1) is 17.1. The Bertz CT molecular complexity index is 1370. The van der Waals surface area contributed by atoms with Crippen molar-refractivity contribution in [2.75, 3.05) is 26.2 Å². The molecule has 4 aromatic rings. The number of nitrogens with one attached hydrogen (secondary N) is 1. The molecule has 1 amide bonds. The molecule has 0 bridgehead atoms. The van der Waals surface area contributed by atoms with Crippen LogP contribution in [0.25, 0.3) is 21.9 Å². The molecule has 8 heteroatoms. The monoisotopic (exact) mass is 478 g/mol. The van der Waals surface area contributed by atoms with E-state index in [0.29, 0.717) is 28.9 Å². The third-order valence-electron chi connectivity index (χ3n) is 7.71. The number of halogens is 2. The topological polar surface area (TPSA) is 65.4 Å². The normalized spacial score (nSPS) is 19.8. The lowest BCUT2D eigenvalue weighted by Crippen LogP contribution is -2.40. The van der Waals surface area contributed by atoms with Crippen LogP contribution in [0.5, 0.6) is 0 Å². The van der Waals surface area contributed by atoms with Crippen LogP contribution >= 0.6 is 0 Å². The molecule has 182 valence electrons. The van der Waals surface area contributed by atoms with Gasteiger partial charge in [0.1, 0.15) is 11.5 Å². The molecule has 0 saturated carbocycles. The summed E-state index contributed by atoms with van der Waals surface area (Å²) >= 11 is 0. The van der Waals surface area contributed by atoms with Crippen LogP contribution in [0.1, 0.15) is 54.2 Å². The number of aromatic nitrogens is 2. The molecule has 2 aliphatic rings. The molecule has 6 nitrogen and oxygen atoms in total. The van der Waals surface area contributed by atoms with E-state index >= 15 is 0 Å². The van der Waals surface area contributed by atoms with Crippen molar-refractivity contribution in [1.82, 2.24) is 19.9 Å². The van der Waals surface area contributed by atoms with E-state index in [4.69, 9.17) is 4.52 Å². The number of benzene rings is 2. The Kier molecular flexibility index (Phi) is 5.76. The molecule has 0 unspecified atom stereocenters. The summed E-state index contributed by atoms with van der Waals surface area (Å²) in [6.45, 7) is 3.45. The minimum Gasteiger partial charge on any atom is -0.356 e. The Morgan fingerprint density at radius 2 is 1.89 bits per heavy atom. The summed E-state index contributed by atoms with van der Waals surface area (Å²) in [5, 5.41) is 5.59. The molecule has 2 aliphatic heterocycles. The van der Waals surface area contributed by atoms with E-state index in [1.165, 1.54) is 12.1 Å². The zero-order valence-corrected chi connectivity index (χ0v) is 19.5. The van der Waals surface area contributed by atoms with E-state index in [1.54, 1.807) is 24.3 Å². The fourth-order valence-corrected chi connectivity index (χ4v) is 5.79. The van der Waals surface area contributed by atoms with Gasteiger partial charge in [-0.25, -0.2) is 8.78 Å². The average molecular weight is 479 g/mol. The van der Waals surface area contributed by atoms with Gasteiger partial charge in [-0.2, -0.15) is 0 Å². The molecule has 2 aromatic carbocycles. The number of H-pyrrole nitrogens is 1. The highest BCUT2D eigenvalue weighted by atomic mass is 19.1. The summed E-state index contributed by atoms with van der Waals surface area (Å²) < 4.78 is 33.7. The second-order valence-electron chi connectivity index (χ2n) is 9.77. The van der Waals surface area contributed by atoms with Crippen molar-refractivity contribution in [3.05, 3.63) is 65.5 Å². The highest BCUT2D eigenvalue weighted by Gasteiger charge is 2.33. The van der Waals surface area contributed by atoms with Gasteiger partial charge in [0.15, 0.2) is 11.4 Å². The summed E-state index contributed by atoms with van der Waals surface area (Å²) in [6.07, 6.45) is 4.70. The Balaban J connectivity index is 1.07. The zero-order chi connectivity index (χ0) is 23.9. The number of hydrogen-bond donors (Lipinski definition) is 1. The second kappa shape index (κ2) is 9.07. The lowest BCUT2D eigenvalue weighted by Gasteiger charge is -2.33. The lowest BCUT2D eigenvalue weighted by molar-refractivity contribution is 0.0707. The smallest absolute Gasteiger partial charge is 0.273 e. The average Bonchev–Trinajstić information content (AvgIpc) is 3.60. The van der Waals surface area contributed by atoms with Gasteiger partial charge in [0, 0.05) is 47.4 Å². The van der Waals surface area contributed by atoms with Crippen LogP contribution in [0.3, 0.4) is 0 Å². The summed E-state index contributed by atoms with van der Waals surface area (Å²) in [4.78, 5) is 20.5. The quantitative estimate of drug-likeness (QED) is 0.414. The lowest BCUT2D eigenvalue weighted by atomic mass is 9.91. The van der Waals surface area contributed by atoms with E-state index < -0.39 is 5.82 Å². The number of aromatic amines is 1. The summed E-state index contributed by atoms with van der Waals surface area (Å²) in [5.74, 6) is -0.718. The number of nitrogens with zero attached hydrogens (tertiary/aromatic N) is 3. The van der Waals surface area contributed by atoms with Gasteiger partial charge >= 0.3 is 0 Å². The number of fused-ring (bicyclic) bond motifs is 2. The molecular weight excluding hydrogens is 450 g/mol. The highest BCUT2D eigenvalue weighted by molar-refractivity contribution is 5.98. The molecular formula is C27H28F2N4O2. The van der Waals surface area contributed by atoms with Crippen LogP contribution in [0.15, 0.2) is 47.0 Å². The Morgan fingerprint density at radius 3 is 2.71 bits per heavy atom. The maximum atomic E-state index is 14.9. The maximum Gasteiger partial charge on any atom is 0.273 e. The van der Waals surface area contributed by atoms with E-state index in [9.17, 15) is 13.6 Å². The minimum absolute atomic E-state index is 0.0682. The third-order valence-corrected chi connectivity index (χ3v) is 7.71. The summed E-state index contributed by atoms with van der Waals surface area (Å²) in [6, 6.07) is 11.8. The van der Waals surface area contributed by atoms with Crippen LogP contribution in [-0.2, 0) is 0 Å². The van der Waals surface area contributed by atoms with Crippen molar-refractivity contribution in [2.24, 2.45) is 0 Å². The van der Waals surface area contributed by atoms with Crippen LogP contribution in [0, 0.1) is 11.6 Å². The first-order valence-corrected chi connectivity index (χ1v) is 12.4. The van der Waals surface area contributed by atoms with Gasteiger partial charge in [-0.15, -0.1) is 0 Å². The van der Waals surface area contributed by atoms with Crippen molar-refractivity contribution in [3.63, 3.8) is 0 Å². The molecule has 35 heavy (non-hydrogen) atoms. The second-order valence-corrected chi connectivity index (χ2v) is 9.77. The molecule has 2 aromatic heterocycles. The van der Waals surface area contributed by atoms with Gasteiger partial charge in [-0.3, -0.25) is 4.79 Å². The van der Waals surface area contributed by atoms with E-state index in [2.05, 4.69) is 15.0 Å². The number of para-hydroxylation sites is 1. The summed E-state index contributed by atoms with van der Waals surface area (Å²) in [5.41, 5.74) is 2.14. The fraction of sp³-hybridized carbons (Fsp3) is 0.407. The first kappa shape index (κ1) is 22.2. The largest absolute Gasteiger partial charge is 0.356 e. The van der Waals surface area contributed by atoms with Crippen LogP contribution in [-0.4, -0.2) is 58.1 Å². The number of piperidine rings is 1. The predicted molar refractivity (Wildman–Crippen MR) is 129 cm³/mol. The minimum atomic E-state index is -0.457. The number of carbonyl (C=O) groups excluding carboxylic acids is 1. The molecule has 1 atom stereocenters. The van der Waals surface area contributed by atoms with Crippen molar-refractivity contribution in [3.8, 4) is 0 Å². The van der Waals surface area contributed by atoms with Crippen molar-refractivity contribution >= 4 is 27.8 Å². The van der Waals surface area contributed by atoms with Gasteiger partial charge in [-0.05, 0) is 69.5 Å². The van der Waals surface area contributed by atoms with Crippen molar-refractivity contribution in [2.45, 2.75) is 44.1 Å². The predicted octanol–water partition coefficient (Wildman–Crippen LogP) is 5.46. The highest BCUT2D eigenvalue weighted by Crippen LogP contribution is 2.33. The third kappa shape index (κ3) is 4.10. The number of likely N-dealkylation sites (tertiary alicyclic amines) is 2. The molecule has 2 saturated heterocycles. The Hall–Kier alpha value is -3.26. The van der Waals surface area contributed by atoms with Crippen molar-refractivity contribution < 1.29 is 18.1 Å². The number of hydrogen-bond acceptors (Lipinski definition) is 4. The van der Waals surface area contributed by atoms with Crippen molar-refractivity contribution in [1.29, 1.82) is 0 Å². The van der Waals surface area contributed by atoms with Crippen LogP contribution in [0.4, 0.5) is 8.78 Å². The molecule has 4 heterocycles.